The van der Waals surface area contributed by atoms with Gasteiger partial charge in [-0.05, 0) is 25.1 Å². The number of amidine groups is 1. The number of nitriles is 1. The van der Waals surface area contributed by atoms with E-state index in [-0.39, 0.29) is 12.4 Å². The smallest absolute Gasteiger partial charge is 0.101 e. The van der Waals surface area contributed by atoms with E-state index in [2.05, 4.69) is 27.0 Å². The lowest BCUT2D eigenvalue weighted by atomic mass is 10.2. The van der Waals surface area contributed by atoms with Crippen molar-refractivity contribution in [1.82, 2.24) is 4.90 Å². The number of benzene rings is 1. The molecule has 86 valence electrons. The van der Waals surface area contributed by atoms with Crippen LogP contribution in [0.4, 0.5) is 5.69 Å². The van der Waals surface area contributed by atoms with Crippen molar-refractivity contribution >= 4 is 39.9 Å². The number of halogens is 2. The first-order chi connectivity index (χ1) is 7.04. The number of hydrogen-bond donors (Lipinski definition) is 0. The first-order valence-corrected chi connectivity index (χ1v) is 5.26. The molecule has 0 radical (unpaired) electrons. The van der Waals surface area contributed by atoms with Gasteiger partial charge in [0.25, 0.3) is 0 Å². The van der Waals surface area contributed by atoms with Crippen LogP contribution in [0.2, 0.25) is 0 Å². The maximum atomic E-state index is 8.94. The molecule has 1 aromatic carbocycles. The van der Waals surface area contributed by atoms with Crippen molar-refractivity contribution in [1.29, 1.82) is 5.26 Å². The molecule has 0 spiro atoms. The van der Waals surface area contributed by atoms with Crippen molar-refractivity contribution in [3.8, 4) is 6.07 Å². The third kappa shape index (κ3) is 3.84. The molecule has 16 heavy (non-hydrogen) atoms. The van der Waals surface area contributed by atoms with Crippen LogP contribution in [0.3, 0.4) is 0 Å². The van der Waals surface area contributed by atoms with E-state index >= 15 is 0 Å². The standard InChI is InChI=1S/C11H12BrN3.ClH/c1-8(15(2)3)14-11-5-4-10(12)6-9(11)7-13;/h4-6H,1-3H3;1H. The molecular weight excluding hydrogens is 289 g/mol. The summed E-state index contributed by atoms with van der Waals surface area (Å²) in [7, 11) is 3.84. The first kappa shape index (κ1) is 14.9. The average molecular weight is 303 g/mol. The van der Waals surface area contributed by atoms with Crippen LogP contribution in [-0.4, -0.2) is 24.8 Å². The van der Waals surface area contributed by atoms with Crippen molar-refractivity contribution in [2.24, 2.45) is 4.99 Å². The fourth-order valence-electron chi connectivity index (χ4n) is 0.970. The number of rotatable bonds is 1. The third-order valence-electron chi connectivity index (χ3n) is 2.01. The molecule has 5 heteroatoms. The van der Waals surface area contributed by atoms with E-state index in [1.165, 1.54) is 0 Å². The summed E-state index contributed by atoms with van der Waals surface area (Å²) in [4.78, 5) is 6.28. The lowest BCUT2D eigenvalue weighted by Crippen LogP contribution is -2.17. The van der Waals surface area contributed by atoms with Crippen LogP contribution in [-0.2, 0) is 0 Å². The highest BCUT2D eigenvalue weighted by Gasteiger charge is 2.02. The van der Waals surface area contributed by atoms with Crippen molar-refractivity contribution in [2.75, 3.05) is 14.1 Å². The van der Waals surface area contributed by atoms with Gasteiger partial charge in [0.05, 0.1) is 11.3 Å². The van der Waals surface area contributed by atoms with Gasteiger partial charge in [-0.25, -0.2) is 4.99 Å². The maximum absolute atomic E-state index is 8.94. The van der Waals surface area contributed by atoms with E-state index in [0.29, 0.717) is 11.3 Å². The molecule has 0 heterocycles. The Bertz CT molecular complexity index is 435. The van der Waals surface area contributed by atoms with E-state index in [1.807, 2.05) is 38.1 Å². The Morgan fingerprint density at radius 2 is 2.06 bits per heavy atom. The molecule has 0 saturated carbocycles. The van der Waals surface area contributed by atoms with Gasteiger partial charge in [-0.2, -0.15) is 5.26 Å². The van der Waals surface area contributed by atoms with E-state index in [4.69, 9.17) is 5.26 Å². The Kier molecular flexibility index (Phi) is 6.09. The van der Waals surface area contributed by atoms with E-state index in [1.54, 1.807) is 6.07 Å². The highest BCUT2D eigenvalue weighted by Crippen LogP contribution is 2.23. The van der Waals surface area contributed by atoms with Crippen LogP contribution in [0.15, 0.2) is 27.7 Å². The molecule has 0 unspecified atom stereocenters. The van der Waals surface area contributed by atoms with Crippen LogP contribution in [0.5, 0.6) is 0 Å². The summed E-state index contributed by atoms with van der Waals surface area (Å²) in [6.07, 6.45) is 0. The number of hydrogen-bond acceptors (Lipinski definition) is 2. The van der Waals surface area contributed by atoms with Gasteiger partial charge in [0.15, 0.2) is 0 Å². The van der Waals surface area contributed by atoms with E-state index < -0.39 is 0 Å². The number of nitrogens with zero attached hydrogens (tertiary/aromatic N) is 3. The fourth-order valence-corrected chi connectivity index (χ4v) is 1.33. The van der Waals surface area contributed by atoms with Crippen molar-refractivity contribution in [2.45, 2.75) is 6.92 Å². The lowest BCUT2D eigenvalue weighted by molar-refractivity contribution is 0.619. The van der Waals surface area contributed by atoms with Gasteiger partial charge in [0.2, 0.25) is 0 Å². The lowest BCUT2D eigenvalue weighted by Gasteiger charge is -2.11. The van der Waals surface area contributed by atoms with Crippen LogP contribution < -0.4 is 0 Å². The molecule has 0 aromatic heterocycles. The average Bonchev–Trinajstić information content (AvgIpc) is 2.20. The van der Waals surface area contributed by atoms with Crippen molar-refractivity contribution in [3.63, 3.8) is 0 Å². The minimum atomic E-state index is 0. The van der Waals surface area contributed by atoms with Gasteiger partial charge in [0.1, 0.15) is 11.9 Å². The molecule has 0 atom stereocenters. The highest BCUT2D eigenvalue weighted by atomic mass is 79.9. The summed E-state index contributed by atoms with van der Waals surface area (Å²) in [6.45, 7) is 1.91. The zero-order chi connectivity index (χ0) is 11.4. The van der Waals surface area contributed by atoms with Gasteiger partial charge in [-0.3, -0.25) is 0 Å². The topological polar surface area (TPSA) is 39.4 Å². The summed E-state index contributed by atoms with van der Waals surface area (Å²) < 4.78 is 0.889. The summed E-state index contributed by atoms with van der Waals surface area (Å²) in [5.74, 6) is 0.869. The van der Waals surface area contributed by atoms with Gasteiger partial charge in [-0.1, -0.05) is 15.9 Å². The monoisotopic (exact) mass is 301 g/mol. The molecule has 0 saturated heterocycles. The largest absolute Gasteiger partial charge is 0.366 e. The van der Waals surface area contributed by atoms with Crippen molar-refractivity contribution in [3.05, 3.63) is 28.2 Å². The highest BCUT2D eigenvalue weighted by molar-refractivity contribution is 9.10. The Morgan fingerprint density at radius 1 is 1.44 bits per heavy atom. The molecular formula is C11H13BrClN3. The van der Waals surface area contributed by atoms with Crippen LogP contribution in [0.25, 0.3) is 0 Å². The molecule has 1 aromatic rings. The second kappa shape index (κ2) is 6.51. The Balaban J connectivity index is 0.00000225. The minimum absolute atomic E-state index is 0. The molecule has 3 nitrogen and oxygen atoms in total. The third-order valence-corrected chi connectivity index (χ3v) is 2.50. The van der Waals surface area contributed by atoms with Crippen LogP contribution in [0.1, 0.15) is 12.5 Å². The fraction of sp³-hybridized carbons (Fsp3) is 0.273. The van der Waals surface area contributed by atoms with Gasteiger partial charge in [0, 0.05) is 18.6 Å². The van der Waals surface area contributed by atoms with Crippen LogP contribution >= 0.6 is 28.3 Å². The van der Waals surface area contributed by atoms with E-state index in [0.717, 1.165) is 10.3 Å². The second-order valence-corrected chi connectivity index (χ2v) is 4.24. The van der Waals surface area contributed by atoms with E-state index in [9.17, 15) is 0 Å². The molecule has 0 bridgehead atoms. The summed E-state index contributed by atoms with van der Waals surface area (Å²) in [5.41, 5.74) is 1.28. The maximum Gasteiger partial charge on any atom is 0.101 e. The van der Waals surface area contributed by atoms with Gasteiger partial charge in [-0.15, -0.1) is 12.4 Å². The number of aliphatic imine (C=N–C) groups is 1. The quantitative estimate of drug-likeness (QED) is 0.589. The predicted molar refractivity (Wildman–Crippen MR) is 72.6 cm³/mol. The SMILES string of the molecule is CC(=Nc1ccc(Br)cc1C#N)N(C)C.Cl. The second-order valence-electron chi connectivity index (χ2n) is 3.33. The first-order valence-electron chi connectivity index (χ1n) is 4.47. The van der Waals surface area contributed by atoms with Gasteiger partial charge < -0.3 is 4.90 Å². The zero-order valence-electron chi connectivity index (χ0n) is 9.36. The van der Waals surface area contributed by atoms with Crippen molar-refractivity contribution < 1.29 is 0 Å². The molecule has 0 N–H and O–H groups in total. The minimum Gasteiger partial charge on any atom is -0.366 e. The van der Waals surface area contributed by atoms with Gasteiger partial charge >= 0.3 is 0 Å². The zero-order valence-corrected chi connectivity index (χ0v) is 11.8. The van der Waals surface area contributed by atoms with Crippen LogP contribution in [0, 0.1) is 11.3 Å². The Hall–Kier alpha value is -1.05. The Morgan fingerprint density at radius 3 is 2.56 bits per heavy atom. The summed E-state index contributed by atoms with van der Waals surface area (Å²) in [6, 6.07) is 7.60. The Labute approximate surface area is 110 Å². The predicted octanol–water partition coefficient (Wildman–Crippen LogP) is 3.35. The summed E-state index contributed by atoms with van der Waals surface area (Å²) >= 11 is 3.32. The molecule has 0 aliphatic carbocycles. The molecule has 0 fully saturated rings. The molecule has 0 aliphatic rings. The normalized spacial score (nSPS) is 10.3. The summed E-state index contributed by atoms with van der Waals surface area (Å²) in [5, 5.41) is 8.94. The molecule has 0 aliphatic heterocycles. The molecule has 0 amide bonds. The molecule has 1 rings (SSSR count).